The molecular formula is C9H11N3O2S2. The molecule has 0 unspecified atom stereocenters. The average Bonchev–Trinajstić information content (AvgIpc) is 2.85. The molecule has 0 aliphatic heterocycles. The molecule has 0 aliphatic rings. The number of aryl methyl sites for hydroxylation is 1. The molecule has 0 fully saturated rings. The molecule has 0 atom stereocenters. The van der Waals surface area contributed by atoms with Crippen molar-refractivity contribution in [2.24, 2.45) is 0 Å². The lowest BCUT2D eigenvalue weighted by Gasteiger charge is -2.03. The summed E-state index contributed by atoms with van der Waals surface area (Å²) in [5.41, 5.74) is 1.72. The first-order chi connectivity index (χ1) is 7.59. The maximum absolute atomic E-state index is 11.8. The molecule has 0 saturated carbocycles. The van der Waals surface area contributed by atoms with Gasteiger partial charge in [0.15, 0.2) is 0 Å². The Labute approximate surface area is 97.6 Å². The fraction of sp³-hybridized carbons (Fsp3) is 0.222. The number of nitrogens with zero attached hydrogens (tertiary/aromatic N) is 1. The van der Waals surface area contributed by atoms with Gasteiger partial charge < -0.3 is 0 Å². The van der Waals surface area contributed by atoms with Crippen LogP contribution >= 0.6 is 11.3 Å². The molecule has 2 rings (SSSR count). The van der Waals surface area contributed by atoms with Crippen LogP contribution < -0.4 is 4.72 Å². The van der Waals surface area contributed by atoms with Gasteiger partial charge in [-0.15, -0.1) is 11.3 Å². The third-order valence-electron chi connectivity index (χ3n) is 2.15. The normalized spacial score (nSPS) is 11.8. The second kappa shape index (κ2) is 4.36. The van der Waals surface area contributed by atoms with Gasteiger partial charge in [-0.05, 0) is 18.4 Å². The van der Waals surface area contributed by atoms with Crippen LogP contribution in [0.3, 0.4) is 0 Å². The van der Waals surface area contributed by atoms with Gasteiger partial charge in [0.05, 0.1) is 6.20 Å². The predicted molar refractivity (Wildman–Crippen MR) is 61.7 cm³/mol. The molecule has 0 spiro atoms. The van der Waals surface area contributed by atoms with Crippen molar-refractivity contribution in [3.8, 4) is 0 Å². The maximum Gasteiger partial charge on any atom is 0.250 e. The van der Waals surface area contributed by atoms with Crippen molar-refractivity contribution in [2.75, 3.05) is 0 Å². The second-order valence-electron chi connectivity index (χ2n) is 3.28. The quantitative estimate of drug-likeness (QED) is 0.865. The SMILES string of the molecule is Cc1[nH]ncc1CNS(=O)(=O)c1cccs1. The van der Waals surface area contributed by atoms with Crippen LogP contribution in [0.1, 0.15) is 11.3 Å². The van der Waals surface area contributed by atoms with E-state index in [9.17, 15) is 8.42 Å². The highest BCUT2D eigenvalue weighted by molar-refractivity contribution is 7.91. The van der Waals surface area contributed by atoms with Gasteiger partial charge in [-0.25, -0.2) is 13.1 Å². The van der Waals surface area contributed by atoms with Crippen LogP contribution in [0.2, 0.25) is 0 Å². The van der Waals surface area contributed by atoms with E-state index in [1.165, 1.54) is 11.3 Å². The van der Waals surface area contributed by atoms with Crippen molar-refractivity contribution in [1.29, 1.82) is 0 Å². The molecule has 7 heteroatoms. The highest BCUT2D eigenvalue weighted by Crippen LogP contribution is 2.15. The Kier molecular flexibility index (Phi) is 3.08. The predicted octanol–water partition coefficient (Wildman–Crippen LogP) is 1.26. The first-order valence-corrected chi connectivity index (χ1v) is 6.98. The van der Waals surface area contributed by atoms with Gasteiger partial charge >= 0.3 is 0 Å². The van der Waals surface area contributed by atoms with Gasteiger partial charge in [0, 0.05) is 17.8 Å². The molecule has 0 amide bonds. The second-order valence-corrected chi connectivity index (χ2v) is 6.22. The summed E-state index contributed by atoms with van der Waals surface area (Å²) in [7, 11) is -3.38. The zero-order chi connectivity index (χ0) is 11.6. The van der Waals surface area contributed by atoms with E-state index in [-0.39, 0.29) is 6.54 Å². The summed E-state index contributed by atoms with van der Waals surface area (Å²) in [6.45, 7) is 2.10. The maximum atomic E-state index is 11.8. The van der Waals surface area contributed by atoms with Crippen LogP contribution in [-0.4, -0.2) is 18.6 Å². The van der Waals surface area contributed by atoms with E-state index in [2.05, 4.69) is 14.9 Å². The summed E-state index contributed by atoms with van der Waals surface area (Å²) in [6, 6.07) is 3.29. The number of aromatic amines is 1. The topological polar surface area (TPSA) is 74.8 Å². The monoisotopic (exact) mass is 257 g/mol. The van der Waals surface area contributed by atoms with Crippen molar-refractivity contribution >= 4 is 21.4 Å². The Morgan fingerprint density at radius 3 is 2.94 bits per heavy atom. The first-order valence-electron chi connectivity index (χ1n) is 4.61. The number of sulfonamides is 1. The lowest BCUT2D eigenvalue weighted by molar-refractivity contribution is 0.583. The summed E-state index contributed by atoms with van der Waals surface area (Å²) in [4.78, 5) is 0. The van der Waals surface area contributed by atoms with Gasteiger partial charge in [0.1, 0.15) is 4.21 Å². The lowest BCUT2D eigenvalue weighted by atomic mass is 10.3. The molecule has 2 aromatic heterocycles. The number of hydrogen-bond acceptors (Lipinski definition) is 4. The molecule has 16 heavy (non-hydrogen) atoms. The zero-order valence-electron chi connectivity index (χ0n) is 8.60. The zero-order valence-corrected chi connectivity index (χ0v) is 10.2. The fourth-order valence-corrected chi connectivity index (χ4v) is 3.26. The molecule has 2 heterocycles. The van der Waals surface area contributed by atoms with E-state index in [0.717, 1.165) is 11.3 Å². The molecule has 86 valence electrons. The summed E-state index contributed by atoms with van der Waals surface area (Å²) < 4.78 is 26.4. The Morgan fingerprint density at radius 2 is 2.38 bits per heavy atom. The van der Waals surface area contributed by atoms with Crippen LogP contribution in [0.5, 0.6) is 0 Å². The Balaban J connectivity index is 2.09. The third-order valence-corrected chi connectivity index (χ3v) is 4.95. The molecule has 0 saturated heterocycles. The number of hydrogen-bond donors (Lipinski definition) is 2. The van der Waals surface area contributed by atoms with E-state index < -0.39 is 10.0 Å². The molecule has 5 nitrogen and oxygen atoms in total. The van der Waals surface area contributed by atoms with Gasteiger partial charge in [-0.1, -0.05) is 6.07 Å². The van der Waals surface area contributed by atoms with E-state index in [1.807, 2.05) is 6.92 Å². The average molecular weight is 257 g/mol. The van der Waals surface area contributed by atoms with Gasteiger partial charge in [-0.3, -0.25) is 5.10 Å². The first kappa shape index (κ1) is 11.3. The van der Waals surface area contributed by atoms with Gasteiger partial charge in [0.25, 0.3) is 0 Å². The minimum absolute atomic E-state index is 0.253. The van der Waals surface area contributed by atoms with Crippen LogP contribution in [0, 0.1) is 6.92 Å². The van der Waals surface area contributed by atoms with Crippen molar-refractivity contribution in [3.05, 3.63) is 35.0 Å². The van der Waals surface area contributed by atoms with Crippen molar-refractivity contribution in [1.82, 2.24) is 14.9 Å². The highest BCUT2D eigenvalue weighted by Gasteiger charge is 2.15. The molecular weight excluding hydrogens is 246 g/mol. The van der Waals surface area contributed by atoms with Gasteiger partial charge in [0.2, 0.25) is 10.0 Å². The highest BCUT2D eigenvalue weighted by atomic mass is 32.2. The number of aromatic nitrogens is 2. The Morgan fingerprint density at radius 1 is 1.56 bits per heavy atom. The molecule has 0 aromatic carbocycles. The summed E-state index contributed by atoms with van der Waals surface area (Å²) >= 11 is 1.20. The Hall–Kier alpha value is -1.18. The molecule has 0 radical (unpaired) electrons. The number of nitrogens with one attached hydrogen (secondary N) is 2. The van der Waals surface area contributed by atoms with E-state index in [1.54, 1.807) is 23.7 Å². The fourth-order valence-electron chi connectivity index (χ4n) is 1.21. The standard InChI is InChI=1S/C9H11N3O2S2/c1-7-8(5-10-12-7)6-11-16(13,14)9-3-2-4-15-9/h2-5,11H,6H2,1H3,(H,10,12). The molecule has 2 N–H and O–H groups in total. The molecule has 0 aliphatic carbocycles. The smallest absolute Gasteiger partial charge is 0.250 e. The van der Waals surface area contributed by atoms with Crippen molar-refractivity contribution < 1.29 is 8.42 Å². The minimum Gasteiger partial charge on any atom is -0.283 e. The number of rotatable bonds is 4. The number of thiophene rings is 1. The van der Waals surface area contributed by atoms with Crippen LogP contribution in [-0.2, 0) is 16.6 Å². The third kappa shape index (κ3) is 2.31. The van der Waals surface area contributed by atoms with Crippen LogP contribution in [0.25, 0.3) is 0 Å². The minimum atomic E-state index is -3.38. The largest absolute Gasteiger partial charge is 0.283 e. The van der Waals surface area contributed by atoms with Gasteiger partial charge in [-0.2, -0.15) is 5.10 Å². The molecule has 2 aromatic rings. The summed E-state index contributed by atoms with van der Waals surface area (Å²) in [5.74, 6) is 0. The number of H-pyrrole nitrogens is 1. The molecule has 0 bridgehead atoms. The van der Waals surface area contributed by atoms with Crippen LogP contribution in [0.15, 0.2) is 27.9 Å². The van der Waals surface area contributed by atoms with Crippen molar-refractivity contribution in [3.63, 3.8) is 0 Å². The van der Waals surface area contributed by atoms with Crippen LogP contribution in [0.4, 0.5) is 0 Å². The van der Waals surface area contributed by atoms with Crippen molar-refractivity contribution in [2.45, 2.75) is 17.7 Å². The Bertz CT molecular complexity index is 557. The van der Waals surface area contributed by atoms with E-state index in [4.69, 9.17) is 0 Å². The van der Waals surface area contributed by atoms with E-state index >= 15 is 0 Å². The summed E-state index contributed by atoms with van der Waals surface area (Å²) in [5, 5.41) is 8.32. The van der Waals surface area contributed by atoms with E-state index in [0.29, 0.717) is 4.21 Å². The lowest BCUT2D eigenvalue weighted by Crippen LogP contribution is -2.22. The summed E-state index contributed by atoms with van der Waals surface area (Å²) in [6.07, 6.45) is 1.62.